The summed E-state index contributed by atoms with van der Waals surface area (Å²) in [5.74, 6) is 1.04. The van der Waals surface area contributed by atoms with E-state index in [0.717, 1.165) is 32.1 Å². The van der Waals surface area contributed by atoms with Crippen molar-refractivity contribution in [3.05, 3.63) is 0 Å². The molecule has 1 aliphatic rings. The summed E-state index contributed by atoms with van der Waals surface area (Å²) in [4.78, 5) is 4.49. The summed E-state index contributed by atoms with van der Waals surface area (Å²) in [7, 11) is 16.6. The van der Waals surface area contributed by atoms with E-state index in [2.05, 4.69) is 66.7 Å². The third-order valence-electron chi connectivity index (χ3n) is 2.86. The molecule has 0 aromatic rings. The van der Waals surface area contributed by atoms with Gasteiger partial charge in [0, 0.05) is 23.9 Å². The van der Waals surface area contributed by atoms with Crippen molar-refractivity contribution < 1.29 is 21.6 Å². The largest absolute Gasteiger partial charge is 1.00 e. The van der Waals surface area contributed by atoms with Gasteiger partial charge in [0.1, 0.15) is 0 Å². The van der Waals surface area contributed by atoms with Crippen LogP contribution in [0.2, 0.25) is 0 Å². The first-order valence-electron chi connectivity index (χ1n) is 6.57. The zero-order chi connectivity index (χ0) is 14.4. The molecule has 1 rings (SSSR count). The number of hydrogen-bond donors (Lipinski definition) is 0. The maximum absolute atomic E-state index is 2.47. The van der Waals surface area contributed by atoms with Crippen molar-refractivity contribution in [1.29, 1.82) is 0 Å². The van der Waals surface area contributed by atoms with Crippen LogP contribution in [0.15, 0.2) is 0 Å². The van der Waals surface area contributed by atoms with Gasteiger partial charge in [0.25, 0.3) is 0 Å². The highest BCUT2D eigenvalue weighted by Crippen LogP contribution is 2.34. The van der Waals surface area contributed by atoms with Gasteiger partial charge in [-0.05, 0) is 39.0 Å². The molecule has 1 aliphatic heterocycles. The molecule has 0 bridgehead atoms. The minimum Gasteiger partial charge on any atom is -1.00 e. The van der Waals surface area contributed by atoms with E-state index in [1.54, 1.807) is 0 Å². The second kappa shape index (κ2) is 10.3. The first kappa shape index (κ1) is 20.5. The fraction of sp³-hybridized carbons (Fsp3) is 0.917. The van der Waals surface area contributed by atoms with Crippen molar-refractivity contribution in [2.24, 2.45) is 0 Å². The highest BCUT2D eigenvalue weighted by Gasteiger charge is 2.34. The van der Waals surface area contributed by atoms with E-state index in [-0.39, 0.29) is 17.0 Å². The molecule has 1 fully saturated rings. The van der Waals surface area contributed by atoms with E-state index in [9.17, 15) is 0 Å². The number of halogens is 1. The quantitative estimate of drug-likeness (QED) is 0.356. The number of likely N-dealkylation sites (N-methyl/N-ethyl adjacent to an activating group) is 2. The Morgan fingerprint density at radius 3 is 1.90 bits per heavy atom. The Balaban J connectivity index is 0.00000361. The molecule has 0 radical (unpaired) electrons. The van der Waals surface area contributed by atoms with Crippen LogP contribution in [0.3, 0.4) is 0 Å². The number of rotatable bonds is 7. The van der Waals surface area contributed by atoms with E-state index >= 15 is 0 Å². The van der Waals surface area contributed by atoms with E-state index in [1.807, 2.05) is 21.6 Å². The maximum Gasteiger partial charge on any atom is 0.338 e. The molecule has 20 heavy (non-hydrogen) atoms. The lowest BCUT2D eigenvalue weighted by atomic mass is 10.5. The van der Waals surface area contributed by atoms with Crippen molar-refractivity contribution in [2.75, 3.05) is 74.3 Å². The SMILES string of the molecule is CN(C)CCN(CCN(C)C)N1CSSC1=[N+](C)C.[Br-]. The molecule has 120 valence electrons. The van der Waals surface area contributed by atoms with E-state index in [0.29, 0.717) is 0 Å². The van der Waals surface area contributed by atoms with Crippen LogP contribution in [0.25, 0.3) is 0 Å². The highest BCUT2D eigenvalue weighted by molar-refractivity contribution is 8.82. The van der Waals surface area contributed by atoms with Gasteiger partial charge in [-0.1, -0.05) is 0 Å². The van der Waals surface area contributed by atoms with Crippen LogP contribution in [0.1, 0.15) is 0 Å². The summed E-state index contributed by atoms with van der Waals surface area (Å²) >= 11 is 0. The first-order valence-corrected chi connectivity index (χ1v) is 8.89. The van der Waals surface area contributed by atoms with Gasteiger partial charge in [-0.3, -0.25) is 4.58 Å². The molecular weight excluding hydrogens is 358 g/mol. The van der Waals surface area contributed by atoms with E-state index < -0.39 is 0 Å². The molecule has 0 amide bonds. The molecule has 0 saturated carbocycles. The zero-order valence-corrected chi connectivity index (χ0v) is 16.7. The molecule has 1 heterocycles. The fourth-order valence-electron chi connectivity index (χ4n) is 1.72. The van der Waals surface area contributed by atoms with Crippen LogP contribution in [0.5, 0.6) is 0 Å². The second-order valence-electron chi connectivity index (χ2n) is 5.47. The zero-order valence-electron chi connectivity index (χ0n) is 13.5. The van der Waals surface area contributed by atoms with Crippen LogP contribution in [0.4, 0.5) is 0 Å². The molecule has 8 heteroatoms. The van der Waals surface area contributed by atoms with Crippen LogP contribution in [-0.4, -0.2) is 104 Å². The number of nitrogens with zero attached hydrogens (tertiary/aromatic N) is 5. The Morgan fingerprint density at radius 1 is 1.00 bits per heavy atom. The van der Waals surface area contributed by atoms with Crippen LogP contribution in [0, 0.1) is 0 Å². The van der Waals surface area contributed by atoms with Crippen LogP contribution in [-0.2, 0) is 0 Å². The van der Waals surface area contributed by atoms with Crippen molar-refractivity contribution in [3.63, 3.8) is 0 Å². The van der Waals surface area contributed by atoms with Crippen molar-refractivity contribution in [3.8, 4) is 0 Å². The standard InChI is InChI=1S/C12H28N5S2.BrH/c1-13(2)7-9-16(10-8-14(3)4)17-11-18-19-12(17)15(5)6;/h7-11H2,1-6H3;1H/q+1;/p-1. The molecular formula is C12H28BrN5S2. The van der Waals surface area contributed by atoms with Crippen LogP contribution < -0.4 is 17.0 Å². The Bertz CT molecular complexity index is 296. The Morgan fingerprint density at radius 2 is 1.50 bits per heavy atom. The van der Waals surface area contributed by atoms with Gasteiger partial charge in [-0.2, -0.15) is 5.01 Å². The molecule has 0 aromatic heterocycles. The van der Waals surface area contributed by atoms with Gasteiger partial charge in [-0.15, -0.1) is 5.01 Å². The maximum atomic E-state index is 2.47. The van der Waals surface area contributed by atoms with Gasteiger partial charge in [0.05, 0.1) is 27.2 Å². The smallest absolute Gasteiger partial charge is 0.338 e. The van der Waals surface area contributed by atoms with Crippen LogP contribution >= 0.6 is 21.6 Å². The van der Waals surface area contributed by atoms with Crippen molar-refractivity contribution >= 4 is 26.8 Å². The summed E-state index contributed by atoms with van der Waals surface area (Å²) in [6.45, 7) is 4.30. The summed E-state index contributed by atoms with van der Waals surface area (Å²) in [6.07, 6.45) is 0. The molecule has 0 aromatic carbocycles. The normalized spacial score (nSPS) is 15.4. The summed E-state index contributed by atoms with van der Waals surface area (Å²) < 4.78 is 2.21. The second-order valence-corrected chi connectivity index (χ2v) is 7.70. The molecule has 0 unspecified atom stereocenters. The minimum absolute atomic E-state index is 0. The monoisotopic (exact) mass is 385 g/mol. The third-order valence-corrected chi connectivity index (χ3v) is 5.17. The first-order chi connectivity index (χ1) is 8.91. The number of hydrogen-bond acceptors (Lipinski definition) is 5. The van der Waals surface area contributed by atoms with Gasteiger partial charge in [0.2, 0.25) is 0 Å². The summed E-state index contributed by atoms with van der Waals surface area (Å²) in [6, 6.07) is 0. The van der Waals surface area contributed by atoms with Crippen molar-refractivity contribution in [1.82, 2.24) is 19.8 Å². The fourth-order valence-corrected chi connectivity index (χ4v) is 4.24. The molecule has 1 saturated heterocycles. The number of hydrazine groups is 1. The lowest BCUT2D eigenvalue weighted by Gasteiger charge is -2.28. The van der Waals surface area contributed by atoms with Gasteiger partial charge >= 0.3 is 5.17 Å². The molecule has 5 nitrogen and oxygen atoms in total. The summed E-state index contributed by atoms with van der Waals surface area (Å²) in [5.41, 5.74) is 0. The van der Waals surface area contributed by atoms with E-state index in [4.69, 9.17) is 0 Å². The average molecular weight is 386 g/mol. The van der Waals surface area contributed by atoms with Gasteiger partial charge in [-0.25, -0.2) is 0 Å². The molecule has 0 N–H and O–H groups in total. The minimum atomic E-state index is 0. The Labute approximate surface area is 142 Å². The Hall–Kier alpha value is 0.530. The van der Waals surface area contributed by atoms with Gasteiger partial charge in [0.15, 0.2) is 5.88 Å². The predicted octanol–water partition coefficient (Wildman–Crippen LogP) is -2.39. The van der Waals surface area contributed by atoms with Crippen molar-refractivity contribution in [2.45, 2.75) is 0 Å². The molecule has 0 atom stereocenters. The number of amidine groups is 1. The molecule has 0 aliphatic carbocycles. The lowest BCUT2D eigenvalue weighted by Crippen LogP contribution is -3.00. The van der Waals surface area contributed by atoms with E-state index in [1.165, 1.54) is 5.17 Å². The Kier molecular flexibility index (Phi) is 10.6. The lowest BCUT2D eigenvalue weighted by molar-refractivity contribution is -0.468. The highest BCUT2D eigenvalue weighted by atomic mass is 79.9. The summed E-state index contributed by atoms with van der Waals surface area (Å²) in [5, 5.41) is 6.23. The van der Waals surface area contributed by atoms with Gasteiger partial charge < -0.3 is 26.8 Å². The third kappa shape index (κ3) is 7.00. The average Bonchev–Trinajstić information content (AvgIpc) is 2.77. The molecule has 0 spiro atoms. The predicted molar refractivity (Wildman–Crippen MR) is 87.7 cm³/mol. The topological polar surface area (TPSA) is 16.0 Å².